The Balaban J connectivity index is 1.92. The van der Waals surface area contributed by atoms with Crippen molar-refractivity contribution in [3.05, 3.63) is 32.7 Å². The van der Waals surface area contributed by atoms with Gasteiger partial charge >= 0.3 is 0 Å². The van der Waals surface area contributed by atoms with Crippen LogP contribution in [0.5, 0.6) is 0 Å². The van der Waals surface area contributed by atoms with E-state index >= 15 is 0 Å². The predicted molar refractivity (Wildman–Crippen MR) is 84.3 cm³/mol. The molecule has 5 heteroatoms. The summed E-state index contributed by atoms with van der Waals surface area (Å²) in [5.74, 6) is 1.22. The van der Waals surface area contributed by atoms with E-state index in [4.69, 9.17) is 0 Å². The van der Waals surface area contributed by atoms with Crippen molar-refractivity contribution in [2.24, 2.45) is 0 Å². The lowest BCUT2D eigenvalue weighted by molar-refractivity contribution is 0.0952. The van der Waals surface area contributed by atoms with Crippen LogP contribution in [0.1, 0.15) is 29.6 Å². The minimum Gasteiger partial charge on any atom is -0.351 e. The van der Waals surface area contributed by atoms with Gasteiger partial charge in [0.1, 0.15) is 0 Å². The van der Waals surface area contributed by atoms with Gasteiger partial charge in [0, 0.05) is 20.7 Å². The topological polar surface area (TPSA) is 29.1 Å². The molecule has 1 atom stereocenters. The van der Waals surface area contributed by atoms with E-state index in [2.05, 4.69) is 37.2 Å². The lowest BCUT2D eigenvalue weighted by Gasteiger charge is -2.21. The molecule has 0 saturated carbocycles. The summed E-state index contributed by atoms with van der Waals surface area (Å²) < 4.78 is 1.75. The lowest BCUT2D eigenvalue weighted by Crippen LogP contribution is -2.32. The minimum absolute atomic E-state index is 0.00523. The summed E-state index contributed by atoms with van der Waals surface area (Å²) in [6.07, 6.45) is 3.81. The monoisotopic (exact) mass is 391 g/mol. The van der Waals surface area contributed by atoms with Crippen LogP contribution in [0.25, 0.3) is 0 Å². The number of rotatable bonds is 3. The van der Waals surface area contributed by atoms with Crippen molar-refractivity contribution in [2.75, 3.05) is 12.3 Å². The highest BCUT2D eigenvalue weighted by atomic mass is 79.9. The largest absolute Gasteiger partial charge is 0.351 e. The van der Waals surface area contributed by atoms with Gasteiger partial charge in [0.15, 0.2) is 0 Å². The zero-order valence-corrected chi connectivity index (χ0v) is 13.9. The fraction of sp³-hybridized carbons (Fsp3) is 0.462. The van der Waals surface area contributed by atoms with Gasteiger partial charge in [0.2, 0.25) is 0 Å². The smallest absolute Gasteiger partial charge is 0.252 e. The highest BCUT2D eigenvalue weighted by Gasteiger charge is 2.16. The number of hydrogen-bond donors (Lipinski definition) is 1. The van der Waals surface area contributed by atoms with Crippen LogP contribution < -0.4 is 5.32 Å². The molecule has 0 radical (unpaired) electrons. The first-order valence-corrected chi connectivity index (χ1v) is 8.65. The summed E-state index contributed by atoms with van der Waals surface area (Å²) in [4.78, 5) is 12.1. The summed E-state index contributed by atoms with van der Waals surface area (Å²) in [7, 11) is 0. The second-order valence-corrected chi connectivity index (χ2v) is 7.50. The van der Waals surface area contributed by atoms with Gasteiger partial charge in [-0.3, -0.25) is 4.79 Å². The molecule has 0 aromatic heterocycles. The Morgan fingerprint density at radius 3 is 2.94 bits per heavy atom. The molecule has 0 aliphatic carbocycles. The average molecular weight is 393 g/mol. The van der Waals surface area contributed by atoms with Crippen molar-refractivity contribution in [3.63, 3.8) is 0 Å². The molecule has 1 saturated heterocycles. The number of thioether (sulfide) groups is 1. The zero-order chi connectivity index (χ0) is 13.0. The maximum Gasteiger partial charge on any atom is 0.252 e. The van der Waals surface area contributed by atoms with Gasteiger partial charge in [-0.1, -0.05) is 22.4 Å². The van der Waals surface area contributed by atoms with Crippen LogP contribution >= 0.6 is 43.6 Å². The summed E-state index contributed by atoms with van der Waals surface area (Å²) in [5.41, 5.74) is 0.685. The van der Waals surface area contributed by atoms with E-state index in [0.29, 0.717) is 10.8 Å². The third kappa shape index (κ3) is 4.00. The van der Waals surface area contributed by atoms with E-state index in [1.807, 2.05) is 30.0 Å². The van der Waals surface area contributed by atoms with Gasteiger partial charge in [0.05, 0.1) is 5.56 Å². The van der Waals surface area contributed by atoms with Gasteiger partial charge in [-0.15, -0.1) is 0 Å². The van der Waals surface area contributed by atoms with Crippen LogP contribution in [0.2, 0.25) is 0 Å². The molecule has 1 aromatic carbocycles. The van der Waals surface area contributed by atoms with Crippen LogP contribution in [-0.4, -0.2) is 23.5 Å². The van der Waals surface area contributed by atoms with E-state index in [9.17, 15) is 4.79 Å². The van der Waals surface area contributed by atoms with Crippen molar-refractivity contribution in [2.45, 2.75) is 24.5 Å². The van der Waals surface area contributed by atoms with Crippen molar-refractivity contribution in [1.29, 1.82) is 0 Å². The number of carbonyl (C=O) groups is 1. The van der Waals surface area contributed by atoms with E-state index < -0.39 is 0 Å². The Morgan fingerprint density at radius 2 is 2.22 bits per heavy atom. The Hall–Kier alpha value is -0.000000000000000111. The molecule has 1 aliphatic heterocycles. The van der Waals surface area contributed by atoms with Crippen molar-refractivity contribution in [3.8, 4) is 0 Å². The quantitative estimate of drug-likeness (QED) is 0.833. The Labute approximate surface area is 129 Å². The molecular formula is C13H15Br2NOS. The number of amides is 1. The maximum absolute atomic E-state index is 12.1. The van der Waals surface area contributed by atoms with E-state index in [-0.39, 0.29) is 5.91 Å². The first kappa shape index (κ1) is 14.4. The number of halogens is 2. The molecule has 18 heavy (non-hydrogen) atoms. The summed E-state index contributed by atoms with van der Waals surface area (Å²) in [6.45, 7) is 0.766. The van der Waals surface area contributed by atoms with Gasteiger partial charge < -0.3 is 5.32 Å². The standard InChI is InChI=1S/C13H15Br2NOS/c14-9-4-5-12(15)11(7-9)13(17)16-8-10-3-1-2-6-18-10/h4-5,7,10H,1-3,6,8H2,(H,16,17). The fourth-order valence-electron chi connectivity index (χ4n) is 1.94. The van der Waals surface area contributed by atoms with E-state index in [0.717, 1.165) is 15.5 Å². The molecule has 0 spiro atoms. The number of benzene rings is 1. The van der Waals surface area contributed by atoms with Gasteiger partial charge in [0.25, 0.3) is 5.91 Å². The Kier molecular flexibility index (Phi) is 5.57. The third-order valence-electron chi connectivity index (χ3n) is 2.94. The Morgan fingerprint density at radius 1 is 1.39 bits per heavy atom. The normalized spacial score (nSPS) is 19.6. The van der Waals surface area contributed by atoms with E-state index in [1.54, 1.807) is 0 Å². The van der Waals surface area contributed by atoms with E-state index in [1.165, 1.54) is 25.0 Å². The molecule has 1 fully saturated rings. The summed E-state index contributed by atoms with van der Waals surface area (Å²) in [6, 6.07) is 5.64. The first-order valence-electron chi connectivity index (χ1n) is 6.01. The molecule has 2 nitrogen and oxygen atoms in total. The summed E-state index contributed by atoms with van der Waals surface area (Å²) in [5, 5.41) is 3.60. The van der Waals surface area contributed by atoms with Crippen molar-refractivity contribution < 1.29 is 4.79 Å². The molecule has 1 unspecified atom stereocenters. The molecule has 98 valence electrons. The van der Waals surface area contributed by atoms with Crippen LogP contribution in [0.4, 0.5) is 0 Å². The SMILES string of the molecule is O=C(NCC1CCCCS1)c1cc(Br)ccc1Br. The van der Waals surface area contributed by atoms with Crippen LogP contribution in [0.3, 0.4) is 0 Å². The van der Waals surface area contributed by atoms with Crippen LogP contribution in [-0.2, 0) is 0 Å². The molecule has 1 aliphatic rings. The molecule has 0 bridgehead atoms. The maximum atomic E-state index is 12.1. The number of hydrogen-bond acceptors (Lipinski definition) is 2. The lowest BCUT2D eigenvalue weighted by atomic mass is 10.1. The minimum atomic E-state index is -0.00523. The molecule has 2 rings (SSSR count). The first-order chi connectivity index (χ1) is 8.66. The van der Waals surface area contributed by atoms with Gasteiger partial charge in [-0.2, -0.15) is 11.8 Å². The van der Waals surface area contributed by atoms with Crippen molar-refractivity contribution >= 4 is 49.5 Å². The third-order valence-corrected chi connectivity index (χ3v) is 5.52. The summed E-state index contributed by atoms with van der Waals surface area (Å²) >= 11 is 8.77. The second-order valence-electron chi connectivity index (χ2n) is 4.32. The zero-order valence-electron chi connectivity index (χ0n) is 9.92. The van der Waals surface area contributed by atoms with Crippen molar-refractivity contribution in [1.82, 2.24) is 5.32 Å². The number of carbonyl (C=O) groups excluding carboxylic acids is 1. The van der Waals surface area contributed by atoms with Gasteiger partial charge in [-0.25, -0.2) is 0 Å². The molecular weight excluding hydrogens is 378 g/mol. The predicted octanol–water partition coefficient (Wildman–Crippen LogP) is 4.23. The highest BCUT2D eigenvalue weighted by Crippen LogP contribution is 2.25. The highest BCUT2D eigenvalue weighted by molar-refractivity contribution is 9.11. The molecule has 1 amide bonds. The Bertz CT molecular complexity index is 433. The van der Waals surface area contributed by atoms with Crippen LogP contribution in [0.15, 0.2) is 27.1 Å². The molecule has 1 N–H and O–H groups in total. The molecule has 1 heterocycles. The second kappa shape index (κ2) is 6.96. The molecule has 1 aromatic rings. The average Bonchev–Trinajstić information content (AvgIpc) is 2.40. The number of nitrogens with one attached hydrogen (secondary N) is 1. The fourth-order valence-corrected chi connectivity index (χ4v) is 3.97. The van der Waals surface area contributed by atoms with Crippen LogP contribution in [0, 0.1) is 0 Å². The van der Waals surface area contributed by atoms with Gasteiger partial charge in [-0.05, 0) is 52.7 Å².